The molecule has 3 N–H and O–H groups in total. The van der Waals surface area contributed by atoms with Crippen molar-refractivity contribution in [3.8, 4) is 5.82 Å². The van der Waals surface area contributed by atoms with E-state index in [1.165, 1.54) is 0 Å². The SMILES string of the molecule is Cc1cc(NC(=O)N2CCC[C@@H](N)C2)n(-c2cc(C)c3ccccc3n2)n1. The van der Waals surface area contributed by atoms with E-state index in [1.807, 2.05) is 37.3 Å². The molecule has 27 heavy (non-hydrogen) atoms. The summed E-state index contributed by atoms with van der Waals surface area (Å²) in [5.41, 5.74) is 8.83. The molecule has 1 aromatic carbocycles. The van der Waals surface area contributed by atoms with Crippen molar-refractivity contribution >= 4 is 22.8 Å². The van der Waals surface area contributed by atoms with E-state index in [2.05, 4.69) is 23.4 Å². The number of nitrogens with two attached hydrogens (primary N) is 1. The number of aromatic nitrogens is 3. The fraction of sp³-hybridized carbons (Fsp3) is 0.350. The van der Waals surface area contributed by atoms with Crippen molar-refractivity contribution in [2.45, 2.75) is 32.7 Å². The second-order valence-electron chi connectivity index (χ2n) is 7.18. The summed E-state index contributed by atoms with van der Waals surface area (Å²) in [4.78, 5) is 19.2. The number of para-hydroxylation sites is 1. The number of urea groups is 1. The van der Waals surface area contributed by atoms with Crippen LogP contribution in [0.4, 0.5) is 10.6 Å². The van der Waals surface area contributed by atoms with Crippen molar-refractivity contribution in [3.05, 3.63) is 47.7 Å². The third-order valence-electron chi connectivity index (χ3n) is 4.94. The van der Waals surface area contributed by atoms with E-state index in [0.717, 1.165) is 41.5 Å². The summed E-state index contributed by atoms with van der Waals surface area (Å²) in [6, 6.07) is 11.7. The molecule has 4 rings (SSSR count). The monoisotopic (exact) mass is 364 g/mol. The van der Waals surface area contributed by atoms with Gasteiger partial charge in [-0.05, 0) is 44.4 Å². The number of carbonyl (C=O) groups excluding carboxylic acids is 1. The molecule has 0 spiro atoms. The number of aryl methyl sites for hydroxylation is 2. The lowest BCUT2D eigenvalue weighted by molar-refractivity contribution is 0.193. The molecule has 2 aromatic heterocycles. The van der Waals surface area contributed by atoms with Gasteiger partial charge in [0.25, 0.3) is 0 Å². The van der Waals surface area contributed by atoms with Crippen LogP contribution in [-0.4, -0.2) is 44.8 Å². The van der Waals surface area contributed by atoms with Crippen LogP contribution in [0.2, 0.25) is 0 Å². The maximum Gasteiger partial charge on any atom is 0.323 e. The number of amides is 2. The number of nitrogens with one attached hydrogen (secondary N) is 1. The Labute approximate surface area is 158 Å². The van der Waals surface area contributed by atoms with E-state index >= 15 is 0 Å². The predicted octanol–water partition coefficient (Wildman–Crippen LogP) is 2.99. The van der Waals surface area contributed by atoms with Crippen molar-refractivity contribution in [2.24, 2.45) is 5.73 Å². The fourth-order valence-electron chi connectivity index (χ4n) is 3.59. The number of fused-ring (bicyclic) bond motifs is 1. The normalized spacial score (nSPS) is 17.3. The van der Waals surface area contributed by atoms with Gasteiger partial charge in [-0.15, -0.1) is 0 Å². The van der Waals surface area contributed by atoms with Crippen molar-refractivity contribution in [1.82, 2.24) is 19.7 Å². The summed E-state index contributed by atoms with van der Waals surface area (Å²) in [7, 11) is 0. The van der Waals surface area contributed by atoms with Crippen LogP contribution in [0.15, 0.2) is 36.4 Å². The lowest BCUT2D eigenvalue weighted by atomic mass is 10.1. The first-order chi connectivity index (χ1) is 13.0. The Balaban J connectivity index is 1.66. The molecule has 3 aromatic rings. The number of hydrogen-bond acceptors (Lipinski definition) is 4. The van der Waals surface area contributed by atoms with E-state index in [-0.39, 0.29) is 12.1 Å². The number of pyridine rings is 1. The van der Waals surface area contributed by atoms with Gasteiger partial charge in [0.2, 0.25) is 0 Å². The topological polar surface area (TPSA) is 89.1 Å². The standard InChI is InChI=1S/C20H24N6O/c1-13-10-18(22-17-8-4-3-7-16(13)17)26-19(11-14(2)24-26)23-20(27)25-9-5-6-15(21)12-25/h3-4,7-8,10-11,15H,5-6,9,12,21H2,1-2H3,(H,23,27)/t15-/m1/s1. The number of nitrogens with zero attached hydrogens (tertiary/aromatic N) is 4. The summed E-state index contributed by atoms with van der Waals surface area (Å²) in [6.07, 6.45) is 1.89. The highest BCUT2D eigenvalue weighted by molar-refractivity contribution is 5.89. The molecule has 1 aliphatic rings. The molecule has 0 saturated carbocycles. The number of hydrogen-bond donors (Lipinski definition) is 2. The van der Waals surface area contributed by atoms with E-state index in [1.54, 1.807) is 9.58 Å². The van der Waals surface area contributed by atoms with Gasteiger partial charge in [-0.25, -0.2) is 9.78 Å². The molecule has 1 atom stereocenters. The predicted molar refractivity (Wildman–Crippen MR) is 106 cm³/mol. The zero-order valence-corrected chi connectivity index (χ0v) is 15.6. The molecule has 1 aliphatic heterocycles. The number of benzene rings is 1. The largest absolute Gasteiger partial charge is 0.326 e. The molecule has 0 unspecified atom stereocenters. The highest BCUT2D eigenvalue weighted by Crippen LogP contribution is 2.22. The zero-order chi connectivity index (χ0) is 19.0. The average molecular weight is 364 g/mol. The molecule has 0 aliphatic carbocycles. The van der Waals surface area contributed by atoms with E-state index < -0.39 is 0 Å². The minimum absolute atomic E-state index is 0.0425. The Morgan fingerprint density at radius 2 is 2.07 bits per heavy atom. The number of rotatable bonds is 2. The number of likely N-dealkylation sites (tertiary alicyclic amines) is 1. The third kappa shape index (κ3) is 3.50. The molecule has 3 heterocycles. The van der Waals surface area contributed by atoms with Crippen LogP contribution >= 0.6 is 0 Å². The molecular weight excluding hydrogens is 340 g/mol. The van der Waals surface area contributed by atoms with Crippen LogP contribution in [0.5, 0.6) is 0 Å². The summed E-state index contributed by atoms with van der Waals surface area (Å²) >= 11 is 0. The third-order valence-corrected chi connectivity index (χ3v) is 4.94. The molecule has 1 saturated heterocycles. The van der Waals surface area contributed by atoms with Gasteiger partial charge in [0.15, 0.2) is 5.82 Å². The molecule has 7 nitrogen and oxygen atoms in total. The number of anilines is 1. The van der Waals surface area contributed by atoms with Gasteiger partial charge >= 0.3 is 6.03 Å². The van der Waals surface area contributed by atoms with Gasteiger partial charge in [-0.1, -0.05) is 18.2 Å². The van der Waals surface area contributed by atoms with Crippen molar-refractivity contribution < 1.29 is 4.79 Å². The van der Waals surface area contributed by atoms with Crippen LogP contribution < -0.4 is 11.1 Å². The van der Waals surface area contributed by atoms with Crippen LogP contribution in [0.1, 0.15) is 24.1 Å². The van der Waals surface area contributed by atoms with Crippen LogP contribution in [0.25, 0.3) is 16.7 Å². The molecule has 2 amide bonds. The Morgan fingerprint density at radius 1 is 1.26 bits per heavy atom. The van der Waals surface area contributed by atoms with Gasteiger partial charge in [-0.3, -0.25) is 5.32 Å². The molecule has 0 bridgehead atoms. The first-order valence-electron chi connectivity index (χ1n) is 9.26. The Bertz CT molecular complexity index is 995. The van der Waals surface area contributed by atoms with Gasteiger partial charge in [-0.2, -0.15) is 9.78 Å². The second-order valence-corrected chi connectivity index (χ2v) is 7.18. The van der Waals surface area contributed by atoms with Crippen molar-refractivity contribution in [2.75, 3.05) is 18.4 Å². The summed E-state index contributed by atoms with van der Waals surface area (Å²) in [6.45, 7) is 5.25. The van der Waals surface area contributed by atoms with Crippen molar-refractivity contribution in [1.29, 1.82) is 0 Å². The van der Waals surface area contributed by atoms with Gasteiger partial charge < -0.3 is 10.6 Å². The van der Waals surface area contributed by atoms with Crippen LogP contribution in [0.3, 0.4) is 0 Å². The van der Waals surface area contributed by atoms with Crippen LogP contribution in [0, 0.1) is 13.8 Å². The van der Waals surface area contributed by atoms with Gasteiger partial charge in [0.1, 0.15) is 5.82 Å². The van der Waals surface area contributed by atoms with Gasteiger partial charge in [0.05, 0.1) is 11.2 Å². The summed E-state index contributed by atoms with van der Waals surface area (Å²) in [5, 5.41) is 8.63. The second kappa shape index (κ2) is 7.00. The first-order valence-corrected chi connectivity index (χ1v) is 9.26. The average Bonchev–Trinajstić information content (AvgIpc) is 3.02. The first kappa shape index (κ1) is 17.5. The van der Waals surface area contributed by atoms with Crippen molar-refractivity contribution in [3.63, 3.8) is 0 Å². The zero-order valence-electron chi connectivity index (χ0n) is 15.6. The van der Waals surface area contributed by atoms with E-state index in [0.29, 0.717) is 18.2 Å². The Kier molecular flexibility index (Phi) is 4.53. The quantitative estimate of drug-likeness (QED) is 0.731. The van der Waals surface area contributed by atoms with E-state index in [4.69, 9.17) is 10.7 Å². The smallest absolute Gasteiger partial charge is 0.323 e. The number of piperidine rings is 1. The lowest BCUT2D eigenvalue weighted by Crippen LogP contribution is -2.47. The Hall–Kier alpha value is -2.93. The Morgan fingerprint density at radius 3 is 2.89 bits per heavy atom. The fourth-order valence-corrected chi connectivity index (χ4v) is 3.59. The molecule has 7 heteroatoms. The molecule has 0 radical (unpaired) electrons. The number of carbonyl (C=O) groups is 1. The molecular formula is C20H24N6O. The maximum atomic E-state index is 12.7. The lowest BCUT2D eigenvalue weighted by Gasteiger charge is -2.30. The highest BCUT2D eigenvalue weighted by Gasteiger charge is 2.22. The van der Waals surface area contributed by atoms with Gasteiger partial charge in [0, 0.05) is 30.6 Å². The minimum Gasteiger partial charge on any atom is -0.326 e. The summed E-state index contributed by atoms with van der Waals surface area (Å²) in [5.74, 6) is 1.30. The molecule has 1 fully saturated rings. The maximum absolute atomic E-state index is 12.7. The highest BCUT2D eigenvalue weighted by atomic mass is 16.2. The minimum atomic E-state index is -0.149. The molecule has 140 valence electrons. The summed E-state index contributed by atoms with van der Waals surface area (Å²) < 4.78 is 1.69. The van der Waals surface area contributed by atoms with E-state index in [9.17, 15) is 4.79 Å². The van der Waals surface area contributed by atoms with Crippen LogP contribution in [-0.2, 0) is 0 Å².